The van der Waals surface area contributed by atoms with E-state index in [-0.39, 0.29) is 24.1 Å². The topological polar surface area (TPSA) is 131 Å². The molecule has 1 amide bonds. The molecular weight excluding hydrogens is 418 g/mol. The maximum atomic E-state index is 12.7. The van der Waals surface area contributed by atoms with Crippen molar-refractivity contribution in [2.45, 2.75) is 19.4 Å². The number of nitrogens with zero attached hydrogens (tertiary/aromatic N) is 5. The van der Waals surface area contributed by atoms with Crippen LogP contribution in [0.15, 0.2) is 48.8 Å². The molecule has 0 aliphatic carbocycles. The molecule has 0 spiro atoms. The standard InChI is InChI=1S/C21H20ClN7O2/c1-12-11-25-19(14-7-9-29-17(10-14)26-21(23)28-29)27-18(12)20(31)24-8-6-16(30)13-2-4-15(22)5-3-13/h2-5,7,9-11,16,30H,6,8H2,1H3,(H2,23,28)(H,24,31)/t16-/m0/s1. The smallest absolute Gasteiger partial charge is 0.270 e. The van der Waals surface area contributed by atoms with Gasteiger partial charge < -0.3 is 16.2 Å². The van der Waals surface area contributed by atoms with Crippen molar-refractivity contribution >= 4 is 29.1 Å². The van der Waals surface area contributed by atoms with Crippen LogP contribution in [-0.4, -0.2) is 42.1 Å². The Morgan fingerprint density at radius 2 is 2.03 bits per heavy atom. The molecule has 1 aromatic carbocycles. The van der Waals surface area contributed by atoms with Crippen molar-refractivity contribution < 1.29 is 9.90 Å². The third-order valence-corrected chi connectivity index (χ3v) is 5.01. The number of hydrogen-bond donors (Lipinski definition) is 3. The SMILES string of the molecule is Cc1cnc(-c2ccn3nc(N)nc3c2)nc1C(=O)NCC[C@H](O)c1ccc(Cl)cc1. The minimum absolute atomic E-state index is 0.169. The van der Waals surface area contributed by atoms with E-state index < -0.39 is 6.10 Å². The second-order valence-corrected chi connectivity index (χ2v) is 7.46. The molecule has 0 fully saturated rings. The fourth-order valence-corrected chi connectivity index (χ4v) is 3.23. The Kier molecular flexibility index (Phi) is 5.79. The lowest BCUT2D eigenvalue weighted by atomic mass is 10.1. The molecule has 0 unspecified atom stereocenters. The Bertz CT molecular complexity index is 1240. The summed E-state index contributed by atoms with van der Waals surface area (Å²) in [6.07, 6.45) is 2.95. The maximum absolute atomic E-state index is 12.7. The van der Waals surface area contributed by atoms with E-state index in [0.717, 1.165) is 5.56 Å². The first-order valence-electron chi connectivity index (χ1n) is 9.58. The lowest BCUT2D eigenvalue weighted by molar-refractivity contribution is 0.0937. The number of aliphatic hydroxyl groups is 1. The molecular formula is C21H20ClN7O2. The molecule has 4 rings (SSSR count). The van der Waals surface area contributed by atoms with Crippen LogP contribution in [0.4, 0.5) is 5.95 Å². The molecule has 4 N–H and O–H groups in total. The van der Waals surface area contributed by atoms with Gasteiger partial charge in [-0.15, -0.1) is 5.10 Å². The molecule has 31 heavy (non-hydrogen) atoms. The normalized spacial score (nSPS) is 12.1. The number of anilines is 1. The first kappa shape index (κ1) is 20.7. The van der Waals surface area contributed by atoms with Crippen molar-refractivity contribution in [2.24, 2.45) is 0 Å². The molecule has 1 atom stereocenters. The molecule has 3 heterocycles. The number of pyridine rings is 1. The van der Waals surface area contributed by atoms with Crippen molar-refractivity contribution in [1.29, 1.82) is 0 Å². The average Bonchev–Trinajstić information content (AvgIpc) is 3.13. The lowest BCUT2D eigenvalue weighted by Crippen LogP contribution is -2.27. The van der Waals surface area contributed by atoms with Gasteiger partial charge in [-0.3, -0.25) is 4.79 Å². The van der Waals surface area contributed by atoms with Crippen LogP contribution in [0.1, 0.15) is 34.1 Å². The zero-order chi connectivity index (χ0) is 22.0. The van der Waals surface area contributed by atoms with Gasteiger partial charge in [0.2, 0.25) is 5.95 Å². The van der Waals surface area contributed by atoms with Crippen LogP contribution >= 0.6 is 11.6 Å². The van der Waals surface area contributed by atoms with Crippen molar-refractivity contribution in [1.82, 2.24) is 29.9 Å². The summed E-state index contributed by atoms with van der Waals surface area (Å²) in [7, 11) is 0. The van der Waals surface area contributed by atoms with E-state index in [0.29, 0.717) is 34.0 Å². The quantitative estimate of drug-likeness (QED) is 0.422. The summed E-state index contributed by atoms with van der Waals surface area (Å²) >= 11 is 5.87. The van der Waals surface area contributed by atoms with E-state index >= 15 is 0 Å². The number of amides is 1. The van der Waals surface area contributed by atoms with E-state index in [1.54, 1.807) is 60.2 Å². The Balaban J connectivity index is 1.45. The molecule has 0 aliphatic rings. The first-order chi connectivity index (χ1) is 14.9. The third-order valence-electron chi connectivity index (χ3n) is 4.76. The number of aromatic nitrogens is 5. The zero-order valence-corrected chi connectivity index (χ0v) is 17.4. The minimum Gasteiger partial charge on any atom is -0.388 e. The number of halogens is 1. The van der Waals surface area contributed by atoms with Gasteiger partial charge in [-0.25, -0.2) is 14.5 Å². The molecule has 158 valence electrons. The first-order valence-corrected chi connectivity index (χ1v) is 9.96. The molecule has 10 heteroatoms. The Hall–Kier alpha value is -3.56. The highest BCUT2D eigenvalue weighted by Crippen LogP contribution is 2.20. The van der Waals surface area contributed by atoms with E-state index in [1.165, 1.54) is 0 Å². The molecule has 0 saturated heterocycles. The van der Waals surface area contributed by atoms with Gasteiger partial charge >= 0.3 is 0 Å². The Morgan fingerprint density at radius 1 is 1.26 bits per heavy atom. The fourth-order valence-electron chi connectivity index (χ4n) is 3.11. The number of nitrogens with one attached hydrogen (secondary N) is 1. The second kappa shape index (κ2) is 8.66. The summed E-state index contributed by atoms with van der Waals surface area (Å²) in [6.45, 7) is 2.05. The Morgan fingerprint density at radius 3 is 2.81 bits per heavy atom. The van der Waals surface area contributed by atoms with Crippen molar-refractivity contribution in [2.75, 3.05) is 12.3 Å². The molecule has 0 saturated carbocycles. The van der Waals surface area contributed by atoms with Gasteiger partial charge in [-0.05, 0) is 48.7 Å². The molecule has 9 nitrogen and oxygen atoms in total. The van der Waals surface area contributed by atoms with Crippen molar-refractivity contribution in [3.8, 4) is 11.4 Å². The van der Waals surface area contributed by atoms with Crippen LogP contribution in [-0.2, 0) is 0 Å². The highest BCUT2D eigenvalue weighted by atomic mass is 35.5. The largest absolute Gasteiger partial charge is 0.388 e. The highest BCUT2D eigenvalue weighted by molar-refractivity contribution is 6.30. The third kappa shape index (κ3) is 4.62. The van der Waals surface area contributed by atoms with Crippen LogP contribution < -0.4 is 11.1 Å². The molecule has 3 aromatic heterocycles. The number of hydrogen-bond acceptors (Lipinski definition) is 7. The van der Waals surface area contributed by atoms with Gasteiger partial charge in [0.15, 0.2) is 11.5 Å². The number of carbonyl (C=O) groups excluding carboxylic acids is 1. The highest BCUT2D eigenvalue weighted by Gasteiger charge is 2.15. The maximum Gasteiger partial charge on any atom is 0.270 e. The lowest BCUT2D eigenvalue weighted by Gasteiger charge is -2.12. The van der Waals surface area contributed by atoms with Gasteiger partial charge in [-0.2, -0.15) is 4.98 Å². The monoisotopic (exact) mass is 437 g/mol. The summed E-state index contributed by atoms with van der Waals surface area (Å²) in [5, 5.41) is 17.7. The summed E-state index contributed by atoms with van der Waals surface area (Å²) in [6, 6.07) is 10.5. The van der Waals surface area contributed by atoms with Crippen LogP contribution in [0.2, 0.25) is 5.02 Å². The van der Waals surface area contributed by atoms with Crippen molar-refractivity contribution in [3.63, 3.8) is 0 Å². The number of aliphatic hydroxyl groups excluding tert-OH is 1. The fraction of sp³-hybridized carbons (Fsp3) is 0.190. The number of rotatable bonds is 6. The van der Waals surface area contributed by atoms with Crippen LogP contribution in [0.5, 0.6) is 0 Å². The summed E-state index contributed by atoms with van der Waals surface area (Å²) in [5.74, 6) is 0.223. The molecule has 0 aliphatic heterocycles. The summed E-state index contributed by atoms with van der Waals surface area (Å²) in [4.78, 5) is 25.6. The number of nitrogens with two attached hydrogens (primary N) is 1. The van der Waals surface area contributed by atoms with Crippen LogP contribution in [0, 0.1) is 6.92 Å². The predicted octanol–water partition coefficient (Wildman–Crippen LogP) is 2.58. The van der Waals surface area contributed by atoms with E-state index in [2.05, 4.69) is 25.4 Å². The van der Waals surface area contributed by atoms with E-state index in [9.17, 15) is 9.90 Å². The number of fused-ring (bicyclic) bond motifs is 1. The summed E-state index contributed by atoms with van der Waals surface area (Å²) in [5.41, 5.74) is 8.52. The second-order valence-electron chi connectivity index (χ2n) is 7.03. The van der Waals surface area contributed by atoms with E-state index in [4.69, 9.17) is 17.3 Å². The van der Waals surface area contributed by atoms with Gasteiger partial charge in [0.1, 0.15) is 5.69 Å². The average molecular weight is 438 g/mol. The van der Waals surface area contributed by atoms with Gasteiger partial charge in [0, 0.05) is 29.5 Å². The number of nitrogen functional groups attached to an aromatic ring is 1. The number of carbonyl (C=O) groups is 1. The molecule has 0 radical (unpaired) electrons. The van der Waals surface area contributed by atoms with E-state index in [1.807, 2.05) is 0 Å². The minimum atomic E-state index is -0.707. The van der Waals surface area contributed by atoms with Gasteiger partial charge in [0.05, 0.1) is 6.10 Å². The number of aryl methyl sites for hydroxylation is 1. The predicted molar refractivity (Wildman–Crippen MR) is 117 cm³/mol. The summed E-state index contributed by atoms with van der Waals surface area (Å²) < 4.78 is 1.55. The van der Waals surface area contributed by atoms with Gasteiger partial charge in [-0.1, -0.05) is 23.7 Å². The molecule has 4 aromatic rings. The number of benzene rings is 1. The van der Waals surface area contributed by atoms with Gasteiger partial charge in [0.25, 0.3) is 5.91 Å². The van der Waals surface area contributed by atoms with Crippen LogP contribution in [0.3, 0.4) is 0 Å². The Labute approximate surface area is 182 Å². The molecule has 0 bridgehead atoms. The van der Waals surface area contributed by atoms with Crippen molar-refractivity contribution in [3.05, 3.63) is 70.6 Å². The van der Waals surface area contributed by atoms with Crippen LogP contribution in [0.25, 0.3) is 17.0 Å². The zero-order valence-electron chi connectivity index (χ0n) is 16.7.